The Morgan fingerprint density at radius 2 is 1.92 bits per heavy atom. The summed E-state index contributed by atoms with van der Waals surface area (Å²) in [5, 5.41) is 2.72. The number of hydrogen-bond donors (Lipinski definition) is 0. The van der Waals surface area contributed by atoms with Crippen molar-refractivity contribution in [3.8, 4) is 0 Å². The Hall–Kier alpha value is -2.43. The molecule has 25 heavy (non-hydrogen) atoms. The summed E-state index contributed by atoms with van der Waals surface area (Å²) in [7, 11) is 1.97. The van der Waals surface area contributed by atoms with E-state index in [9.17, 15) is 4.79 Å². The fourth-order valence-corrected chi connectivity index (χ4v) is 3.66. The number of rotatable bonds is 2. The molecule has 3 aromatic rings. The molecule has 126 valence electrons. The van der Waals surface area contributed by atoms with Crippen LogP contribution >= 0.6 is 11.6 Å². The van der Waals surface area contributed by atoms with Gasteiger partial charge in [-0.05, 0) is 24.7 Å². The highest BCUT2D eigenvalue weighted by molar-refractivity contribution is 6.30. The van der Waals surface area contributed by atoms with Gasteiger partial charge in [0.15, 0.2) is 0 Å². The van der Waals surface area contributed by atoms with Crippen molar-refractivity contribution in [2.45, 2.75) is 6.04 Å². The summed E-state index contributed by atoms with van der Waals surface area (Å²) in [5.74, 6) is 0.0502. The molecule has 5 heteroatoms. The van der Waals surface area contributed by atoms with Gasteiger partial charge in [0.25, 0.3) is 0 Å². The Labute approximate surface area is 151 Å². The van der Waals surface area contributed by atoms with Crippen molar-refractivity contribution < 1.29 is 4.79 Å². The van der Waals surface area contributed by atoms with Gasteiger partial charge >= 0.3 is 0 Å². The maximum absolute atomic E-state index is 13.3. The van der Waals surface area contributed by atoms with Crippen molar-refractivity contribution in [3.63, 3.8) is 0 Å². The fourth-order valence-electron chi connectivity index (χ4n) is 3.46. The fraction of sp³-hybridized carbons (Fsp3) is 0.200. The largest absolute Gasteiger partial charge is 0.307 e. The molecule has 0 bridgehead atoms. The minimum atomic E-state index is -0.341. The van der Waals surface area contributed by atoms with Gasteiger partial charge in [0, 0.05) is 35.1 Å². The minimum Gasteiger partial charge on any atom is -0.307 e. The van der Waals surface area contributed by atoms with Gasteiger partial charge in [0.2, 0.25) is 5.91 Å². The monoisotopic (exact) mass is 351 g/mol. The topological polar surface area (TPSA) is 36.4 Å². The van der Waals surface area contributed by atoms with E-state index < -0.39 is 0 Å². The Morgan fingerprint density at radius 1 is 1.08 bits per heavy atom. The number of nitrogens with zero attached hydrogens (tertiary/aromatic N) is 3. The number of carbonyl (C=O) groups excluding carboxylic acids is 1. The van der Waals surface area contributed by atoms with E-state index in [0.29, 0.717) is 11.6 Å². The van der Waals surface area contributed by atoms with Gasteiger partial charge in [-0.1, -0.05) is 48.0 Å². The molecule has 2 heterocycles. The standard InChI is InChI=1S/C20H18ClN3O/c1-23-9-10-24(18-13-22-12-15-5-2-3-8-17(15)18)20(25)19(23)14-6-4-7-16(21)11-14/h2-8,11-13,19H,9-10H2,1H3. The first-order chi connectivity index (χ1) is 12.1. The lowest BCUT2D eigenvalue weighted by Crippen LogP contribution is -2.51. The average Bonchev–Trinajstić information content (AvgIpc) is 2.62. The van der Waals surface area contributed by atoms with Crippen LogP contribution in [0.25, 0.3) is 10.8 Å². The van der Waals surface area contributed by atoms with E-state index in [2.05, 4.69) is 9.88 Å². The van der Waals surface area contributed by atoms with E-state index in [-0.39, 0.29) is 11.9 Å². The molecule has 1 aromatic heterocycles. The molecule has 4 nitrogen and oxygen atoms in total. The average molecular weight is 352 g/mol. The molecule has 0 spiro atoms. The van der Waals surface area contributed by atoms with Gasteiger partial charge in [0.05, 0.1) is 11.9 Å². The van der Waals surface area contributed by atoms with Gasteiger partial charge in [-0.3, -0.25) is 14.7 Å². The van der Waals surface area contributed by atoms with Crippen molar-refractivity contribution in [2.75, 3.05) is 25.0 Å². The van der Waals surface area contributed by atoms with E-state index in [1.54, 1.807) is 6.20 Å². The van der Waals surface area contributed by atoms with Crippen molar-refractivity contribution >= 4 is 34.0 Å². The van der Waals surface area contributed by atoms with Crippen LogP contribution in [0.4, 0.5) is 5.69 Å². The third kappa shape index (κ3) is 2.88. The number of piperazine rings is 1. The Kier molecular flexibility index (Phi) is 4.15. The number of carbonyl (C=O) groups is 1. The normalized spacial score (nSPS) is 18.7. The molecule has 0 aliphatic carbocycles. The smallest absolute Gasteiger partial charge is 0.249 e. The summed E-state index contributed by atoms with van der Waals surface area (Å²) in [6.07, 6.45) is 3.61. The molecular formula is C20H18ClN3O. The molecule has 1 amide bonds. The van der Waals surface area contributed by atoms with E-state index in [1.165, 1.54) is 0 Å². The zero-order valence-electron chi connectivity index (χ0n) is 13.9. The number of hydrogen-bond acceptors (Lipinski definition) is 3. The Balaban J connectivity index is 1.77. The van der Waals surface area contributed by atoms with Crippen molar-refractivity contribution in [1.29, 1.82) is 0 Å². The Bertz CT molecular complexity index is 938. The zero-order valence-corrected chi connectivity index (χ0v) is 14.6. The van der Waals surface area contributed by atoms with Crippen LogP contribution in [0.2, 0.25) is 5.02 Å². The highest BCUT2D eigenvalue weighted by Gasteiger charge is 2.35. The van der Waals surface area contributed by atoms with Crippen molar-refractivity contribution in [3.05, 3.63) is 71.5 Å². The van der Waals surface area contributed by atoms with Crippen LogP contribution in [0.15, 0.2) is 60.9 Å². The predicted molar refractivity (Wildman–Crippen MR) is 101 cm³/mol. The molecule has 1 aliphatic heterocycles. The van der Waals surface area contributed by atoms with E-state index >= 15 is 0 Å². The number of benzene rings is 2. The van der Waals surface area contributed by atoms with Gasteiger partial charge in [0.1, 0.15) is 6.04 Å². The molecule has 0 saturated carbocycles. The lowest BCUT2D eigenvalue weighted by atomic mass is 10.0. The highest BCUT2D eigenvalue weighted by atomic mass is 35.5. The van der Waals surface area contributed by atoms with Gasteiger partial charge in [-0.2, -0.15) is 0 Å². The first-order valence-electron chi connectivity index (χ1n) is 8.25. The molecule has 1 aliphatic rings. The maximum Gasteiger partial charge on any atom is 0.249 e. The molecule has 1 unspecified atom stereocenters. The van der Waals surface area contributed by atoms with Crippen LogP contribution in [-0.2, 0) is 4.79 Å². The first kappa shape index (κ1) is 16.1. The van der Waals surface area contributed by atoms with E-state index in [1.807, 2.05) is 66.7 Å². The summed E-state index contributed by atoms with van der Waals surface area (Å²) in [6.45, 7) is 1.42. The van der Waals surface area contributed by atoms with E-state index in [4.69, 9.17) is 11.6 Å². The number of anilines is 1. The molecule has 1 saturated heterocycles. The second kappa shape index (κ2) is 6.47. The van der Waals surface area contributed by atoms with Crippen LogP contribution in [-0.4, -0.2) is 35.9 Å². The second-order valence-corrected chi connectivity index (χ2v) is 6.74. The summed E-state index contributed by atoms with van der Waals surface area (Å²) in [6, 6.07) is 15.2. The number of fused-ring (bicyclic) bond motifs is 1. The number of halogens is 1. The van der Waals surface area contributed by atoms with Crippen LogP contribution in [0.3, 0.4) is 0 Å². The van der Waals surface area contributed by atoms with Gasteiger partial charge < -0.3 is 4.90 Å². The lowest BCUT2D eigenvalue weighted by molar-refractivity contribution is -0.125. The number of likely N-dealkylation sites (N-methyl/N-ethyl adjacent to an activating group) is 1. The molecule has 1 atom stereocenters. The Morgan fingerprint density at radius 3 is 2.76 bits per heavy atom. The summed E-state index contributed by atoms with van der Waals surface area (Å²) in [4.78, 5) is 21.6. The number of pyridine rings is 1. The third-order valence-electron chi connectivity index (χ3n) is 4.72. The van der Waals surface area contributed by atoms with Crippen molar-refractivity contribution in [2.24, 2.45) is 0 Å². The summed E-state index contributed by atoms with van der Waals surface area (Å²) >= 11 is 6.14. The summed E-state index contributed by atoms with van der Waals surface area (Å²) < 4.78 is 0. The van der Waals surface area contributed by atoms with Gasteiger partial charge in [-0.15, -0.1) is 0 Å². The highest BCUT2D eigenvalue weighted by Crippen LogP contribution is 2.33. The van der Waals surface area contributed by atoms with Crippen LogP contribution in [0.1, 0.15) is 11.6 Å². The van der Waals surface area contributed by atoms with Gasteiger partial charge in [-0.25, -0.2) is 0 Å². The maximum atomic E-state index is 13.3. The molecular weight excluding hydrogens is 334 g/mol. The van der Waals surface area contributed by atoms with Crippen molar-refractivity contribution in [1.82, 2.24) is 9.88 Å². The minimum absolute atomic E-state index is 0.0502. The molecule has 2 aromatic carbocycles. The SMILES string of the molecule is CN1CCN(c2cncc3ccccc23)C(=O)C1c1cccc(Cl)c1. The third-order valence-corrected chi connectivity index (χ3v) is 4.95. The predicted octanol–water partition coefficient (Wildman–Crippen LogP) is 3.91. The lowest BCUT2D eigenvalue weighted by Gasteiger charge is -2.39. The van der Waals surface area contributed by atoms with Crippen LogP contribution in [0.5, 0.6) is 0 Å². The zero-order chi connectivity index (χ0) is 17.4. The van der Waals surface area contributed by atoms with Crippen LogP contribution < -0.4 is 4.90 Å². The molecule has 4 rings (SSSR count). The quantitative estimate of drug-likeness (QED) is 0.702. The van der Waals surface area contributed by atoms with Crippen LogP contribution in [0, 0.1) is 0 Å². The second-order valence-electron chi connectivity index (χ2n) is 6.31. The van der Waals surface area contributed by atoms with E-state index in [0.717, 1.165) is 28.6 Å². The molecule has 0 N–H and O–H groups in total. The summed E-state index contributed by atoms with van der Waals surface area (Å²) in [5.41, 5.74) is 1.78. The number of aromatic nitrogens is 1. The first-order valence-corrected chi connectivity index (χ1v) is 8.63. The molecule has 1 fully saturated rings. The number of amides is 1. The molecule has 0 radical (unpaired) electrons.